The van der Waals surface area contributed by atoms with Gasteiger partial charge in [-0.3, -0.25) is 0 Å². The molecule has 0 unspecified atom stereocenters. The number of benzene rings is 1. The van der Waals surface area contributed by atoms with Gasteiger partial charge in [0, 0.05) is 0 Å². The largest absolute Gasteiger partial charge is 0.487 e. The topological polar surface area (TPSA) is 9.23 Å². The summed E-state index contributed by atoms with van der Waals surface area (Å²) < 4.78 is 6.80. The quantitative estimate of drug-likeness (QED) is 0.287. The average Bonchev–Trinajstić information content (AvgIpc) is 2.71. The lowest BCUT2D eigenvalue weighted by molar-refractivity contribution is 0.0513. The second-order valence-corrected chi connectivity index (χ2v) is 12.7. The summed E-state index contributed by atoms with van der Waals surface area (Å²) in [4.78, 5) is 0. The first-order valence-corrected chi connectivity index (χ1v) is 14.3. The predicted octanol–water partition coefficient (Wildman–Crippen LogP) is 10.3. The maximum absolute atomic E-state index is 6.80. The van der Waals surface area contributed by atoms with Crippen LogP contribution in [0.15, 0.2) is 0 Å². The van der Waals surface area contributed by atoms with Crippen molar-refractivity contribution in [3.8, 4) is 5.75 Å². The van der Waals surface area contributed by atoms with Gasteiger partial charge in [-0.25, -0.2) is 0 Å². The minimum Gasteiger partial charge on any atom is -0.487 e. The van der Waals surface area contributed by atoms with E-state index in [-0.39, 0.29) is 5.60 Å². The maximum atomic E-state index is 6.80. The Morgan fingerprint density at radius 1 is 0.727 bits per heavy atom. The van der Waals surface area contributed by atoms with Crippen LogP contribution in [0, 0.1) is 38.5 Å². The van der Waals surface area contributed by atoms with Crippen LogP contribution < -0.4 is 4.74 Å². The van der Waals surface area contributed by atoms with Crippen LogP contribution >= 0.6 is 0 Å². The number of fused-ring (bicyclic) bond motifs is 1. The van der Waals surface area contributed by atoms with Gasteiger partial charge in [-0.2, -0.15) is 0 Å². The SMILES string of the molecule is Cc1c(C)c(C(C)C)c(C)c2c1O[C@@](C)(CCC[C@@H](C)CCC[C@@H](C)CCCC(C)C)CC2. The molecule has 0 aromatic heterocycles. The molecule has 1 heterocycles. The number of hydrogen-bond donors (Lipinski definition) is 0. The fourth-order valence-electron chi connectivity index (χ4n) is 6.18. The van der Waals surface area contributed by atoms with Gasteiger partial charge in [0.1, 0.15) is 11.4 Å². The van der Waals surface area contributed by atoms with Gasteiger partial charge < -0.3 is 4.74 Å². The van der Waals surface area contributed by atoms with Gasteiger partial charge in [0.15, 0.2) is 0 Å². The van der Waals surface area contributed by atoms with Crippen molar-refractivity contribution in [1.29, 1.82) is 0 Å². The van der Waals surface area contributed by atoms with E-state index in [1.54, 1.807) is 5.56 Å². The molecule has 0 spiro atoms. The average molecular weight is 457 g/mol. The molecule has 1 aromatic rings. The monoisotopic (exact) mass is 456 g/mol. The molecule has 0 radical (unpaired) electrons. The minimum absolute atomic E-state index is 0.000631. The molecular weight excluding hydrogens is 400 g/mol. The van der Waals surface area contributed by atoms with Crippen LogP contribution in [-0.2, 0) is 6.42 Å². The Labute approximate surface area is 207 Å². The van der Waals surface area contributed by atoms with Crippen molar-refractivity contribution in [2.24, 2.45) is 17.8 Å². The molecule has 2 rings (SSSR count). The lowest BCUT2D eigenvalue weighted by Crippen LogP contribution is -2.37. The first kappa shape index (κ1) is 28.3. The highest BCUT2D eigenvalue weighted by atomic mass is 16.5. The first-order chi connectivity index (χ1) is 15.4. The Balaban J connectivity index is 1.80. The zero-order chi connectivity index (χ0) is 24.8. The summed E-state index contributed by atoms with van der Waals surface area (Å²) in [7, 11) is 0. The van der Waals surface area contributed by atoms with Crippen LogP contribution in [0.1, 0.15) is 146 Å². The highest BCUT2D eigenvalue weighted by Gasteiger charge is 2.34. The summed E-state index contributed by atoms with van der Waals surface area (Å²) in [6, 6.07) is 0. The van der Waals surface area contributed by atoms with Crippen molar-refractivity contribution in [3.05, 3.63) is 27.8 Å². The van der Waals surface area contributed by atoms with Gasteiger partial charge in [0.25, 0.3) is 0 Å². The molecule has 0 amide bonds. The molecule has 0 saturated heterocycles. The van der Waals surface area contributed by atoms with Crippen LogP contribution in [0.4, 0.5) is 0 Å². The Morgan fingerprint density at radius 3 is 1.82 bits per heavy atom. The highest BCUT2D eigenvalue weighted by molar-refractivity contribution is 5.56. The van der Waals surface area contributed by atoms with Crippen LogP contribution in [-0.4, -0.2) is 5.60 Å². The second kappa shape index (κ2) is 12.6. The first-order valence-electron chi connectivity index (χ1n) is 14.3. The number of hydrogen-bond acceptors (Lipinski definition) is 1. The van der Waals surface area contributed by atoms with Crippen molar-refractivity contribution in [2.45, 2.75) is 151 Å². The van der Waals surface area contributed by atoms with E-state index in [1.165, 1.54) is 92.2 Å². The molecule has 1 aromatic carbocycles. The maximum Gasteiger partial charge on any atom is 0.126 e. The molecule has 0 saturated carbocycles. The third kappa shape index (κ3) is 8.03. The van der Waals surface area contributed by atoms with Gasteiger partial charge in [-0.05, 0) is 105 Å². The molecule has 0 N–H and O–H groups in total. The molecule has 190 valence electrons. The standard InChI is InChI=1S/C32H56O/c1-22(2)14-11-15-24(5)16-12-17-25(6)18-13-20-32(10)21-19-29-28(9)30(23(3)4)26(7)27(8)31(29)33-32/h22-25H,11-21H2,1-10H3/t24-,25-,32-/m0/s1. The molecule has 0 fully saturated rings. The van der Waals surface area contributed by atoms with E-state index in [2.05, 4.69) is 69.2 Å². The summed E-state index contributed by atoms with van der Waals surface area (Å²) >= 11 is 0. The lowest BCUT2D eigenvalue weighted by atomic mass is 9.80. The fraction of sp³-hybridized carbons (Fsp3) is 0.812. The van der Waals surface area contributed by atoms with Gasteiger partial charge in [-0.1, -0.05) is 86.5 Å². The van der Waals surface area contributed by atoms with E-state index in [9.17, 15) is 0 Å². The summed E-state index contributed by atoms with van der Waals surface area (Å²) in [5, 5.41) is 0. The zero-order valence-electron chi connectivity index (χ0n) is 24.0. The van der Waals surface area contributed by atoms with Gasteiger partial charge in [-0.15, -0.1) is 0 Å². The summed E-state index contributed by atoms with van der Waals surface area (Å²) in [5.41, 5.74) is 7.33. The van der Waals surface area contributed by atoms with Crippen molar-refractivity contribution < 1.29 is 4.74 Å². The highest BCUT2D eigenvalue weighted by Crippen LogP contribution is 2.44. The summed E-state index contributed by atoms with van der Waals surface area (Å²) in [6.07, 6.45) is 14.6. The van der Waals surface area contributed by atoms with E-state index >= 15 is 0 Å². The molecule has 0 bridgehead atoms. The molecule has 33 heavy (non-hydrogen) atoms. The Kier molecular flexibility index (Phi) is 10.8. The molecule has 1 heteroatoms. The van der Waals surface area contributed by atoms with Crippen LogP contribution in [0.25, 0.3) is 0 Å². The lowest BCUT2D eigenvalue weighted by Gasteiger charge is -2.39. The molecule has 1 aliphatic rings. The van der Waals surface area contributed by atoms with Crippen LogP contribution in [0.2, 0.25) is 0 Å². The van der Waals surface area contributed by atoms with E-state index in [0.29, 0.717) is 5.92 Å². The van der Waals surface area contributed by atoms with Crippen LogP contribution in [0.3, 0.4) is 0 Å². The number of ether oxygens (including phenoxy) is 1. The van der Waals surface area contributed by atoms with Crippen molar-refractivity contribution in [3.63, 3.8) is 0 Å². The van der Waals surface area contributed by atoms with E-state index in [4.69, 9.17) is 4.74 Å². The third-order valence-electron chi connectivity index (χ3n) is 8.54. The third-order valence-corrected chi connectivity index (χ3v) is 8.54. The van der Waals surface area contributed by atoms with Gasteiger partial charge in [0.05, 0.1) is 0 Å². The van der Waals surface area contributed by atoms with E-state index < -0.39 is 0 Å². The second-order valence-electron chi connectivity index (χ2n) is 12.7. The van der Waals surface area contributed by atoms with Crippen molar-refractivity contribution >= 4 is 0 Å². The van der Waals surface area contributed by atoms with Crippen LogP contribution in [0.5, 0.6) is 5.75 Å². The Hall–Kier alpha value is -0.980. The van der Waals surface area contributed by atoms with Gasteiger partial charge in [0.2, 0.25) is 0 Å². The minimum atomic E-state index is 0.000631. The number of rotatable bonds is 13. The predicted molar refractivity (Wildman–Crippen MR) is 147 cm³/mol. The molecule has 0 aliphatic carbocycles. The molecule has 3 atom stereocenters. The van der Waals surface area contributed by atoms with E-state index in [0.717, 1.165) is 24.2 Å². The summed E-state index contributed by atoms with van der Waals surface area (Å²) in [6.45, 7) is 23.5. The molecular formula is C32H56O. The Bertz CT molecular complexity index is 744. The Morgan fingerprint density at radius 2 is 1.27 bits per heavy atom. The molecule has 1 nitrogen and oxygen atoms in total. The zero-order valence-corrected chi connectivity index (χ0v) is 24.0. The fourth-order valence-corrected chi connectivity index (χ4v) is 6.18. The van der Waals surface area contributed by atoms with Gasteiger partial charge >= 0.3 is 0 Å². The van der Waals surface area contributed by atoms with Crippen molar-refractivity contribution in [1.82, 2.24) is 0 Å². The summed E-state index contributed by atoms with van der Waals surface area (Å²) in [5.74, 6) is 4.38. The van der Waals surface area contributed by atoms with E-state index in [1.807, 2.05) is 0 Å². The smallest absolute Gasteiger partial charge is 0.126 e. The molecule has 1 aliphatic heterocycles. The normalized spacial score (nSPS) is 20.1. The van der Waals surface area contributed by atoms with Crippen molar-refractivity contribution in [2.75, 3.05) is 0 Å².